The van der Waals surface area contributed by atoms with Crippen molar-refractivity contribution in [3.8, 4) is 11.5 Å². The van der Waals surface area contributed by atoms with E-state index in [1.807, 2.05) is 24.3 Å². The number of ether oxygens (including phenoxy) is 2. The predicted molar refractivity (Wildman–Crippen MR) is 120 cm³/mol. The third-order valence-corrected chi connectivity index (χ3v) is 6.56. The smallest absolute Gasteiger partial charge is 0.243 e. The van der Waals surface area contributed by atoms with E-state index in [4.69, 9.17) is 9.47 Å². The average molecular weight is 443 g/mol. The van der Waals surface area contributed by atoms with Gasteiger partial charge in [-0.25, -0.2) is 8.42 Å². The molecule has 3 aromatic rings. The van der Waals surface area contributed by atoms with Crippen LogP contribution < -0.4 is 14.8 Å². The van der Waals surface area contributed by atoms with Gasteiger partial charge in [0.15, 0.2) is 0 Å². The number of amides is 1. The molecule has 3 rings (SSSR count). The van der Waals surface area contributed by atoms with E-state index in [2.05, 4.69) is 5.32 Å². The van der Waals surface area contributed by atoms with Gasteiger partial charge in [-0.3, -0.25) is 4.79 Å². The van der Waals surface area contributed by atoms with E-state index in [-0.39, 0.29) is 24.1 Å². The van der Waals surface area contributed by atoms with E-state index in [9.17, 15) is 13.2 Å². The van der Waals surface area contributed by atoms with E-state index in [1.54, 1.807) is 56.5 Å². The Bertz CT molecular complexity index is 1150. The van der Waals surface area contributed by atoms with Crippen molar-refractivity contribution in [2.45, 2.75) is 17.9 Å². The van der Waals surface area contributed by atoms with Gasteiger partial charge in [0, 0.05) is 7.05 Å². The number of hydrogen-bond acceptors (Lipinski definition) is 5. The molecule has 0 heterocycles. The second-order valence-corrected chi connectivity index (χ2v) is 9.27. The van der Waals surface area contributed by atoms with Crippen molar-refractivity contribution in [3.05, 3.63) is 66.7 Å². The van der Waals surface area contributed by atoms with Gasteiger partial charge in [-0.05, 0) is 54.1 Å². The van der Waals surface area contributed by atoms with Gasteiger partial charge in [0.1, 0.15) is 18.1 Å². The molecule has 0 unspecified atom stereocenters. The van der Waals surface area contributed by atoms with Gasteiger partial charge in [-0.2, -0.15) is 4.31 Å². The highest BCUT2D eigenvalue weighted by Gasteiger charge is 2.23. The molecule has 0 fully saturated rings. The number of hydrogen-bond donors (Lipinski definition) is 1. The first-order valence-corrected chi connectivity index (χ1v) is 11.2. The van der Waals surface area contributed by atoms with Gasteiger partial charge < -0.3 is 14.8 Å². The lowest BCUT2D eigenvalue weighted by Crippen LogP contribution is -2.43. The number of methoxy groups -OCH3 is 1. The average Bonchev–Trinajstić information content (AvgIpc) is 2.77. The van der Waals surface area contributed by atoms with Crippen molar-refractivity contribution in [1.29, 1.82) is 0 Å². The molecule has 0 saturated heterocycles. The molecule has 1 atom stereocenters. The molecule has 1 N–H and O–H groups in total. The second-order valence-electron chi connectivity index (χ2n) is 7.23. The highest BCUT2D eigenvalue weighted by Crippen LogP contribution is 2.21. The van der Waals surface area contributed by atoms with Crippen molar-refractivity contribution in [2.24, 2.45) is 0 Å². The number of fused-ring (bicyclic) bond motifs is 1. The Morgan fingerprint density at radius 2 is 1.65 bits per heavy atom. The fourth-order valence-electron chi connectivity index (χ4n) is 3.05. The van der Waals surface area contributed by atoms with E-state index >= 15 is 0 Å². The SMILES string of the molecule is COc1ccc(OC[C@@H](C)NC(=O)CN(C)S(=O)(=O)c2ccc3ccccc3c2)cc1. The number of likely N-dealkylation sites (N-methyl/N-ethyl adjacent to an activating group) is 1. The third kappa shape index (κ3) is 5.74. The van der Waals surface area contributed by atoms with Crippen LogP contribution in [-0.4, -0.2) is 52.0 Å². The van der Waals surface area contributed by atoms with E-state index in [0.717, 1.165) is 20.8 Å². The number of benzene rings is 3. The zero-order chi connectivity index (χ0) is 22.4. The molecule has 8 heteroatoms. The minimum absolute atomic E-state index is 0.150. The molecule has 0 radical (unpaired) electrons. The number of carbonyl (C=O) groups is 1. The summed E-state index contributed by atoms with van der Waals surface area (Å²) in [6, 6.07) is 19.3. The molecule has 31 heavy (non-hydrogen) atoms. The number of rotatable bonds is 9. The van der Waals surface area contributed by atoms with Crippen LogP contribution in [0.3, 0.4) is 0 Å². The highest BCUT2D eigenvalue weighted by atomic mass is 32.2. The van der Waals surface area contributed by atoms with Crippen molar-refractivity contribution in [2.75, 3.05) is 27.3 Å². The molecule has 164 valence electrons. The monoisotopic (exact) mass is 442 g/mol. The van der Waals surface area contributed by atoms with E-state index in [0.29, 0.717) is 5.75 Å². The lowest BCUT2D eigenvalue weighted by molar-refractivity contribution is -0.121. The van der Waals surface area contributed by atoms with Crippen molar-refractivity contribution in [1.82, 2.24) is 9.62 Å². The van der Waals surface area contributed by atoms with Gasteiger partial charge in [-0.1, -0.05) is 30.3 Å². The van der Waals surface area contributed by atoms with Crippen LogP contribution in [0.15, 0.2) is 71.6 Å². The Kier molecular flexibility index (Phi) is 7.14. The van der Waals surface area contributed by atoms with Crippen LogP contribution in [0.4, 0.5) is 0 Å². The topological polar surface area (TPSA) is 84.9 Å². The molecule has 0 spiro atoms. The van der Waals surface area contributed by atoms with Crippen molar-refractivity contribution < 1.29 is 22.7 Å². The number of sulfonamides is 1. The highest BCUT2D eigenvalue weighted by molar-refractivity contribution is 7.89. The third-order valence-electron chi connectivity index (χ3n) is 4.76. The standard InChI is InChI=1S/C23H26N2O5S/c1-17(16-30-21-11-9-20(29-3)10-12-21)24-23(26)15-25(2)31(27,28)22-13-8-18-6-4-5-7-19(18)14-22/h4-14,17H,15-16H2,1-3H3,(H,24,26)/t17-/m1/s1. The molecule has 7 nitrogen and oxygen atoms in total. The van der Waals surface area contributed by atoms with Crippen LogP contribution in [0.5, 0.6) is 11.5 Å². The minimum atomic E-state index is -3.79. The quantitative estimate of drug-likeness (QED) is 0.551. The maximum absolute atomic E-state index is 12.9. The van der Waals surface area contributed by atoms with Crippen molar-refractivity contribution in [3.63, 3.8) is 0 Å². The molecular formula is C23H26N2O5S. The maximum Gasteiger partial charge on any atom is 0.243 e. The summed E-state index contributed by atoms with van der Waals surface area (Å²) in [4.78, 5) is 12.5. The van der Waals surface area contributed by atoms with Gasteiger partial charge in [-0.15, -0.1) is 0 Å². The van der Waals surface area contributed by atoms with Gasteiger partial charge in [0.2, 0.25) is 15.9 Å². The second kappa shape index (κ2) is 9.80. The van der Waals surface area contributed by atoms with Crippen LogP contribution in [0, 0.1) is 0 Å². The fraction of sp³-hybridized carbons (Fsp3) is 0.261. The molecule has 0 aliphatic carbocycles. The molecule has 0 aromatic heterocycles. The number of carbonyl (C=O) groups excluding carboxylic acids is 1. The molecule has 0 aliphatic rings. The summed E-state index contributed by atoms with van der Waals surface area (Å²) in [6.45, 7) is 1.75. The first-order chi connectivity index (χ1) is 14.8. The molecule has 0 bridgehead atoms. The molecule has 0 aliphatic heterocycles. The Morgan fingerprint density at radius 3 is 2.32 bits per heavy atom. The molecule has 0 saturated carbocycles. The summed E-state index contributed by atoms with van der Waals surface area (Å²) in [5, 5.41) is 4.54. The van der Waals surface area contributed by atoms with Gasteiger partial charge in [0.05, 0.1) is 24.6 Å². The lowest BCUT2D eigenvalue weighted by Gasteiger charge is -2.20. The summed E-state index contributed by atoms with van der Waals surface area (Å²) < 4.78 is 37.5. The lowest BCUT2D eigenvalue weighted by atomic mass is 10.1. The van der Waals surface area contributed by atoms with Crippen LogP contribution in [0.2, 0.25) is 0 Å². The first-order valence-electron chi connectivity index (χ1n) is 9.81. The normalized spacial score (nSPS) is 12.5. The summed E-state index contributed by atoms with van der Waals surface area (Å²) >= 11 is 0. The summed E-state index contributed by atoms with van der Waals surface area (Å²) in [5.74, 6) is 0.972. The predicted octanol–water partition coefficient (Wildman–Crippen LogP) is 3.05. The summed E-state index contributed by atoms with van der Waals surface area (Å²) in [7, 11) is -0.814. The maximum atomic E-state index is 12.9. The number of nitrogens with zero attached hydrogens (tertiary/aromatic N) is 1. The van der Waals surface area contributed by atoms with E-state index in [1.165, 1.54) is 7.05 Å². The van der Waals surface area contributed by atoms with Crippen LogP contribution in [-0.2, 0) is 14.8 Å². The summed E-state index contributed by atoms with van der Waals surface area (Å²) in [5.41, 5.74) is 0. The number of nitrogens with one attached hydrogen (secondary N) is 1. The zero-order valence-electron chi connectivity index (χ0n) is 17.7. The Hall–Kier alpha value is -3.10. The Balaban J connectivity index is 1.55. The molecule has 3 aromatic carbocycles. The Labute approximate surface area is 182 Å². The Morgan fingerprint density at radius 1 is 1.00 bits per heavy atom. The minimum Gasteiger partial charge on any atom is -0.497 e. The zero-order valence-corrected chi connectivity index (χ0v) is 18.6. The van der Waals surface area contributed by atoms with Crippen LogP contribution in [0.1, 0.15) is 6.92 Å². The van der Waals surface area contributed by atoms with E-state index < -0.39 is 15.9 Å². The molecule has 1 amide bonds. The largest absolute Gasteiger partial charge is 0.497 e. The first kappa shape index (κ1) is 22.6. The van der Waals surface area contributed by atoms with Gasteiger partial charge in [0.25, 0.3) is 0 Å². The molecular weight excluding hydrogens is 416 g/mol. The van der Waals surface area contributed by atoms with Crippen LogP contribution >= 0.6 is 0 Å². The van der Waals surface area contributed by atoms with Crippen LogP contribution in [0.25, 0.3) is 10.8 Å². The summed E-state index contributed by atoms with van der Waals surface area (Å²) in [6.07, 6.45) is 0. The fourth-order valence-corrected chi connectivity index (χ4v) is 4.21. The van der Waals surface area contributed by atoms with Gasteiger partial charge >= 0.3 is 0 Å². The van der Waals surface area contributed by atoms with Crippen molar-refractivity contribution >= 4 is 26.7 Å².